The van der Waals surface area contributed by atoms with E-state index >= 15 is 0 Å². The van der Waals surface area contributed by atoms with Gasteiger partial charge in [0, 0.05) is 31.6 Å². The van der Waals surface area contributed by atoms with E-state index in [1.165, 1.54) is 6.26 Å². The Kier molecular flexibility index (Phi) is 5.10. The van der Waals surface area contributed by atoms with Gasteiger partial charge in [0.05, 0.1) is 0 Å². The van der Waals surface area contributed by atoms with E-state index in [0.29, 0.717) is 18.8 Å². The van der Waals surface area contributed by atoms with Crippen LogP contribution in [0.25, 0.3) is 0 Å². The molecular weight excluding hydrogens is 252 g/mol. The molecule has 5 nitrogen and oxygen atoms in total. The molecule has 0 radical (unpaired) electrons. The number of pyridine rings is 1. The molecule has 0 spiro atoms. The Morgan fingerprint density at radius 3 is 2.61 bits per heavy atom. The SMILES string of the molecule is CC(C)N(CCCO)c1ncccc1S(C)(=O)=O. The summed E-state index contributed by atoms with van der Waals surface area (Å²) in [5.41, 5.74) is 0. The van der Waals surface area contributed by atoms with Crippen LogP contribution in [0.3, 0.4) is 0 Å². The molecule has 0 aliphatic heterocycles. The molecule has 0 bridgehead atoms. The third-order valence-corrected chi connectivity index (χ3v) is 3.72. The summed E-state index contributed by atoms with van der Waals surface area (Å²) in [6, 6.07) is 3.29. The Bertz CT molecular complexity index is 486. The van der Waals surface area contributed by atoms with E-state index in [0.717, 1.165) is 0 Å². The van der Waals surface area contributed by atoms with Crippen molar-refractivity contribution >= 4 is 15.7 Å². The first-order valence-corrected chi connectivity index (χ1v) is 7.79. The Morgan fingerprint density at radius 1 is 1.44 bits per heavy atom. The highest BCUT2D eigenvalue weighted by Crippen LogP contribution is 2.24. The lowest BCUT2D eigenvalue weighted by molar-refractivity contribution is 0.288. The Balaban J connectivity index is 3.20. The van der Waals surface area contributed by atoms with Crippen LogP contribution in [0.1, 0.15) is 20.3 Å². The van der Waals surface area contributed by atoms with E-state index in [2.05, 4.69) is 4.98 Å². The summed E-state index contributed by atoms with van der Waals surface area (Å²) >= 11 is 0. The summed E-state index contributed by atoms with van der Waals surface area (Å²) in [4.78, 5) is 6.31. The third kappa shape index (κ3) is 3.68. The lowest BCUT2D eigenvalue weighted by atomic mass is 10.2. The zero-order valence-corrected chi connectivity index (χ0v) is 11.8. The van der Waals surface area contributed by atoms with Crippen molar-refractivity contribution in [3.8, 4) is 0 Å². The molecule has 0 saturated heterocycles. The fraction of sp³-hybridized carbons (Fsp3) is 0.583. The molecule has 1 N–H and O–H groups in total. The van der Waals surface area contributed by atoms with Crippen LogP contribution in [0.5, 0.6) is 0 Å². The van der Waals surface area contributed by atoms with Crippen LogP contribution in [0.2, 0.25) is 0 Å². The highest BCUT2D eigenvalue weighted by molar-refractivity contribution is 7.90. The fourth-order valence-corrected chi connectivity index (χ4v) is 2.56. The number of hydrogen-bond donors (Lipinski definition) is 1. The zero-order valence-electron chi connectivity index (χ0n) is 11.0. The molecule has 0 aromatic carbocycles. The second-order valence-electron chi connectivity index (χ2n) is 4.46. The van der Waals surface area contributed by atoms with E-state index < -0.39 is 9.84 Å². The van der Waals surface area contributed by atoms with Crippen LogP contribution in [0, 0.1) is 0 Å². The van der Waals surface area contributed by atoms with Gasteiger partial charge in [-0.1, -0.05) is 0 Å². The van der Waals surface area contributed by atoms with Gasteiger partial charge < -0.3 is 10.0 Å². The van der Waals surface area contributed by atoms with Crippen molar-refractivity contribution in [1.29, 1.82) is 0 Å². The van der Waals surface area contributed by atoms with Crippen LogP contribution in [-0.4, -0.2) is 44.0 Å². The number of aliphatic hydroxyl groups excluding tert-OH is 1. The average molecular weight is 272 g/mol. The molecule has 6 heteroatoms. The molecule has 18 heavy (non-hydrogen) atoms. The minimum Gasteiger partial charge on any atom is -0.396 e. The van der Waals surface area contributed by atoms with E-state index in [1.807, 2.05) is 18.7 Å². The van der Waals surface area contributed by atoms with Crippen molar-refractivity contribution in [2.75, 3.05) is 24.3 Å². The lowest BCUT2D eigenvalue weighted by Crippen LogP contribution is -2.34. The van der Waals surface area contributed by atoms with E-state index in [9.17, 15) is 8.42 Å². The molecule has 1 heterocycles. The van der Waals surface area contributed by atoms with Gasteiger partial charge in [0.2, 0.25) is 0 Å². The number of anilines is 1. The predicted molar refractivity (Wildman–Crippen MR) is 71.5 cm³/mol. The van der Waals surface area contributed by atoms with Crippen molar-refractivity contribution in [3.63, 3.8) is 0 Å². The van der Waals surface area contributed by atoms with Gasteiger partial charge in [0.25, 0.3) is 0 Å². The quantitative estimate of drug-likeness (QED) is 0.839. The minimum absolute atomic E-state index is 0.0737. The van der Waals surface area contributed by atoms with Gasteiger partial charge in [-0.3, -0.25) is 0 Å². The van der Waals surface area contributed by atoms with E-state index in [-0.39, 0.29) is 17.5 Å². The van der Waals surface area contributed by atoms with Crippen molar-refractivity contribution < 1.29 is 13.5 Å². The van der Waals surface area contributed by atoms with Crippen LogP contribution in [-0.2, 0) is 9.84 Å². The first-order valence-electron chi connectivity index (χ1n) is 5.90. The van der Waals surface area contributed by atoms with Crippen molar-refractivity contribution in [1.82, 2.24) is 4.98 Å². The van der Waals surface area contributed by atoms with Crippen molar-refractivity contribution in [3.05, 3.63) is 18.3 Å². The number of aromatic nitrogens is 1. The smallest absolute Gasteiger partial charge is 0.179 e. The number of sulfone groups is 1. The lowest BCUT2D eigenvalue weighted by Gasteiger charge is -2.29. The van der Waals surface area contributed by atoms with Gasteiger partial charge in [-0.15, -0.1) is 0 Å². The topological polar surface area (TPSA) is 70.5 Å². The maximum absolute atomic E-state index is 11.7. The van der Waals surface area contributed by atoms with Gasteiger partial charge >= 0.3 is 0 Å². The summed E-state index contributed by atoms with van der Waals surface area (Å²) in [5, 5.41) is 8.91. The van der Waals surface area contributed by atoms with E-state index in [4.69, 9.17) is 5.11 Å². The molecule has 0 saturated carbocycles. The largest absolute Gasteiger partial charge is 0.396 e. The highest BCUT2D eigenvalue weighted by atomic mass is 32.2. The van der Waals surface area contributed by atoms with Gasteiger partial charge in [0.15, 0.2) is 9.84 Å². The molecule has 0 aliphatic rings. The second kappa shape index (κ2) is 6.15. The average Bonchev–Trinajstić information content (AvgIpc) is 2.28. The third-order valence-electron chi connectivity index (χ3n) is 2.60. The summed E-state index contributed by atoms with van der Waals surface area (Å²) < 4.78 is 23.5. The second-order valence-corrected chi connectivity index (χ2v) is 6.45. The molecule has 102 valence electrons. The van der Waals surface area contributed by atoms with Crippen LogP contribution in [0.4, 0.5) is 5.82 Å². The fourth-order valence-electron chi connectivity index (χ4n) is 1.74. The summed E-state index contributed by atoms with van der Waals surface area (Å²) in [7, 11) is -3.30. The maximum Gasteiger partial charge on any atom is 0.179 e. The number of hydrogen-bond acceptors (Lipinski definition) is 5. The Labute approximate surface area is 108 Å². The Hall–Kier alpha value is -1.14. The summed E-state index contributed by atoms with van der Waals surface area (Å²) in [6.45, 7) is 4.59. The molecule has 0 unspecified atom stereocenters. The van der Waals surface area contributed by atoms with Crippen molar-refractivity contribution in [2.45, 2.75) is 31.2 Å². The number of nitrogens with zero attached hydrogens (tertiary/aromatic N) is 2. The predicted octanol–water partition coefficient (Wildman–Crippen LogP) is 1.08. The van der Waals surface area contributed by atoms with Crippen LogP contribution >= 0.6 is 0 Å². The number of rotatable bonds is 6. The molecule has 0 amide bonds. The standard InChI is InChI=1S/C12H20N2O3S/c1-10(2)14(8-5-9-15)12-11(18(3,16)17)6-4-7-13-12/h4,6-7,10,15H,5,8-9H2,1-3H3. The number of aliphatic hydroxyl groups is 1. The minimum atomic E-state index is -3.30. The van der Waals surface area contributed by atoms with E-state index in [1.54, 1.807) is 18.3 Å². The first-order chi connectivity index (χ1) is 8.38. The van der Waals surface area contributed by atoms with Crippen LogP contribution in [0.15, 0.2) is 23.2 Å². The molecule has 1 aromatic heterocycles. The molecule has 1 rings (SSSR count). The highest BCUT2D eigenvalue weighted by Gasteiger charge is 2.20. The van der Waals surface area contributed by atoms with Gasteiger partial charge in [0.1, 0.15) is 10.7 Å². The van der Waals surface area contributed by atoms with Gasteiger partial charge in [-0.2, -0.15) is 0 Å². The molecular formula is C12H20N2O3S. The first kappa shape index (κ1) is 14.9. The molecule has 0 atom stereocenters. The molecule has 0 fully saturated rings. The summed E-state index contributed by atoms with van der Waals surface area (Å²) in [6.07, 6.45) is 3.34. The summed E-state index contributed by atoms with van der Waals surface area (Å²) in [5.74, 6) is 0.462. The molecule has 0 aliphatic carbocycles. The maximum atomic E-state index is 11.7. The molecule has 1 aromatic rings. The van der Waals surface area contributed by atoms with Gasteiger partial charge in [-0.25, -0.2) is 13.4 Å². The monoisotopic (exact) mass is 272 g/mol. The van der Waals surface area contributed by atoms with Gasteiger partial charge in [-0.05, 0) is 32.4 Å². The normalized spacial score (nSPS) is 11.8. The van der Waals surface area contributed by atoms with Crippen molar-refractivity contribution in [2.24, 2.45) is 0 Å². The zero-order chi connectivity index (χ0) is 13.8. The van der Waals surface area contributed by atoms with Crippen LogP contribution < -0.4 is 4.90 Å². The Morgan fingerprint density at radius 2 is 2.11 bits per heavy atom.